The molecule has 0 fully saturated rings. The Morgan fingerprint density at radius 3 is 2.72 bits per heavy atom. The zero-order chi connectivity index (χ0) is 18.1. The predicted octanol–water partition coefficient (Wildman–Crippen LogP) is 5.82. The van der Waals surface area contributed by atoms with E-state index in [1.54, 1.807) is 11.8 Å². The molecule has 0 saturated heterocycles. The molecule has 0 N–H and O–H groups in total. The Bertz CT molecular complexity index is 712. The van der Waals surface area contributed by atoms with Crippen molar-refractivity contribution < 1.29 is 14.1 Å². The van der Waals surface area contributed by atoms with Gasteiger partial charge < -0.3 is 9.30 Å². The van der Waals surface area contributed by atoms with Crippen molar-refractivity contribution in [2.75, 3.05) is 18.3 Å². The fraction of sp³-hybridized carbons (Fsp3) is 0.450. The van der Waals surface area contributed by atoms with Crippen molar-refractivity contribution in [3.8, 4) is 0 Å². The smallest absolute Gasteiger partial charge is 0.305 e. The van der Waals surface area contributed by atoms with Crippen LogP contribution in [0.5, 0.6) is 0 Å². The summed E-state index contributed by atoms with van der Waals surface area (Å²) < 4.78 is 17.3. The Hall–Kier alpha value is -1.25. The first-order valence-corrected chi connectivity index (χ1v) is 11.7. The Balaban J connectivity index is 1.74. The maximum Gasteiger partial charge on any atom is 0.305 e. The van der Waals surface area contributed by atoms with Crippen molar-refractivity contribution in [1.29, 1.82) is 0 Å². The van der Waals surface area contributed by atoms with Crippen LogP contribution in [0, 0.1) is 5.92 Å². The van der Waals surface area contributed by atoms with Gasteiger partial charge in [-0.05, 0) is 48.7 Å². The van der Waals surface area contributed by atoms with Crippen LogP contribution in [0.4, 0.5) is 0 Å². The summed E-state index contributed by atoms with van der Waals surface area (Å²) in [6.07, 6.45) is 2.94. The number of esters is 1. The van der Waals surface area contributed by atoms with Crippen LogP contribution >= 0.6 is 19.6 Å². The molecule has 136 valence electrons. The van der Waals surface area contributed by atoms with E-state index in [1.165, 1.54) is 15.7 Å². The van der Waals surface area contributed by atoms with Crippen LogP contribution in [-0.4, -0.2) is 24.2 Å². The highest BCUT2D eigenvalue weighted by atomic mass is 32.2. The summed E-state index contributed by atoms with van der Waals surface area (Å²) in [5.41, 5.74) is 0.684. The topological polar surface area (TPSA) is 43.4 Å². The summed E-state index contributed by atoms with van der Waals surface area (Å²) in [6, 6.07) is 14.6. The molecule has 2 aromatic carbocycles. The molecule has 0 aliphatic heterocycles. The lowest BCUT2D eigenvalue weighted by Gasteiger charge is -2.11. The van der Waals surface area contributed by atoms with Gasteiger partial charge in [0.2, 0.25) is 0 Å². The minimum atomic E-state index is -1.60. The van der Waals surface area contributed by atoms with E-state index in [4.69, 9.17) is 4.74 Å². The van der Waals surface area contributed by atoms with Crippen LogP contribution < -0.4 is 0 Å². The number of thioether (sulfide) groups is 1. The molecule has 2 aromatic rings. The van der Waals surface area contributed by atoms with Gasteiger partial charge in [0.15, 0.2) is 0 Å². The molecule has 2 unspecified atom stereocenters. The average molecular weight is 378 g/mol. The predicted molar refractivity (Wildman–Crippen MR) is 108 cm³/mol. The van der Waals surface area contributed by atoms with Crippen LogP contribution in [-0.2, 0) is 14.1 Å². The fourth-order valence-corrected chi connectivity index (χ4v) is 5.88. The first kappa shape index (κ1) is 20.1. The molecule has 0 heterocycles. The average Bonchev–Trinajstić information content (AvgIpc) is 2.63. The first-order chi connectivity index (χ1) is 12.1. The van der Waals surface area contributed by atoms with Crippen LogP contribution in [0.25, 0.3) is 10.8 Å². The summed E-state index contributed by atoms with van der Waals surface area (Å²) in [6.45, 7) is 4.37. The molecule has 0 spiro atoms. The molecule has 2 rings (SSSR count). The number of hydrogen-bond acceptors (Lipinski definition) is 4. The van der Waals surface area contributed by atoms with Crippen molar-refractivity contribution in [3.05, 3.63) is 42.5 Å². The minimum Gasteiger partial charge on any atom is -0.466 e. The van der Waals surface area contributed by atoms with Gasteiger partial charge in [0.1, 0.15) is 0 Å². The van der Waals surface area contributed by atoms with E-state index in [-0.39, 0.29) is 5.97 Å². The van der Waals surface area contributed by atoms with Crippen LogP contribution in [0.1, 0.15) is 33.1 Å². The lowest BCUT2D eigenvalue weighted by molar-refractivity contribution is -0.143. The Morgan fingerprint density at radius 1 is 1.16 bits per heavy atom. The number of carbonyl (C=O) groups is 1. The van der Waals surface area contributed by atoms with Crippen LogP contribution in [0.2, 0.25) is 0 Å². The van der Waals surface area contributed by atoms with Crippen molar-refractivity contribution in [3.63, 3.8) is 0 Å². The van der Waals surface area contributed by atoms with Crippen molar-refractivity contribution in [1.82, 2.24) is 0 Å². The highest BCUT2D eigenvalue weighted by molar-refractivity contribution is 8.04. The highest BCUT2D eigenvalue weighted by Crippen LogP contribution is 2.36. The first-order valence-electron chi connectivity index (χ1n) is 8.88. The molecule has 0 aliphatic carbocycles. The van der Waals surface area contributed by atoms with E-state index < -0.39 is 7.80 Å². The third-order valence-electron chi connectivity index (χ3n) is 4.20. The molecule has 5 heteroatoms. The van der Waals surface area contributed by atoms with Gasteiger partial charge >= 0.3 is 5.97 Å². The second-order valence-electron chi connectivity index (χ2n) is 6.29. The largest absolute Gasteiger partial charge is 0.466 e. The second kappa shape index (κ2) is 10.7. The number of hydrogen-bond donors (Lipinski definition) is 0. The summed E-state index contributed by atoms with van der Waals surface area (Å²) in [4.78, 5) is 12.6. The number of fused-ring (bicyclic) bond motifs is 1. The van der Waals surface area contributed by atoms with Crippen molar-refractivity contribution >= 4 is 36.3 Å². The van der Waals surface area contributed by atoms with E-state index >= 15 is 0 Å². The maximum atomic E-state index is 12.4. The highest BCUT2D eigenvalue weighted by Gasteiger charge is 2.10. The molecule has 0 aliphatic rings. The van der Waals surface area contributed by atoms with Gasteiger partial charge in [-0.2, -0.15) is 0 Å². The van der Waals surface area contributed by atoms with Gasteiger partial charge in [-0.15, -0.1) is 11.8 Å². The van der Waals surface area contributed by atoms with E-state index in [1.807, 2.05) is 19.1 Å². The van der Waals surface area contributed by atoms with Gasteiger partial charge in [0.25, 0.3) is 0 Å². The standard InChI is InChI=1S/C20H27O3PS/c1-3-23-20(21)12-11-16(2)13-14-24(22)15-25-19-10-6-8-17-7-4-5-9-18(17)19/h4-10,16,24H,3,11-15H2,1-2H3. The molecule has 0 amide bonds. The van der Waals surface area contributed by atoms with Gasteiger partial charge in [-0.1, -0.05) is 43.3 Å². The SMILES string of the molecule is CCOC(=O)CCC(C)CC[PH](=O)CSc1cccc2ccccc12. The van der Waals surface area contributed by atoms with Crippen molar-refractivity contribution in [2.24, 2.45) is 5.92 Å². The Morgan fingerprint density at radius 2 is 1.92 bits per heavy atom. The van der Waals surface area contributed by atoms with Gasteiger partial charge in [-0.25, -0.2) is 0 Å². The molecule has 2 atom stereocenters. The van der Waals surface area contributed by atoms with Crippen molar-refractivity contribution in [2.45, 2.75) is 38.0 Å². The third-order valence-corrected chi connectivity index (χ3v) is 7.58. The van der Waals surface area contributed by atoms with E-state index in [2.05, 4.69) is 37.3 Å². The van der Waals surface area contributed by atoms with E-state index in [0.29, 0.717) is 24.4 Å². The quantitative estimate of drug-likeness (QED) is 0.297. The number of ether oxygens (including phenoxy) is 1. The second-order valence-corrected chi connectivity index (χ2v) is 9.75. The lowest BCUT2D eigenvalue weighted by atomic mass is 10.0. The lowest BCUT2D eigenvalue weighted by Crippen LogP contribution is -2.07. The Labute approximate surface area is 155 Å². The number of benzene rings is 2. The summed E-state index contributed by atoms with van der Waals surface area (Å²) in [5.74, 6) is 0.273. The summed E-state index contributed by atoms with van der Waals surface area (Å²) in [7, 11) is -1.60. The zero-order valence-electron chi connectivity index (χ0n) is 15.0. The normalized spacial score (nSPS) is 13.5. The molecular formula is C20H27O3PS. The van der Waals surface area contributed by atoms with E-state index in [9.17, 15) is 9.36 Å². The van der Waals surface area contributed by atoms with Gasteiger partial charge in [0.05, 0.1) is 14.4 Å². The molecule has 0 aromatic heterocycles. The zero-order valence-corrected chi connectivity index (χ0v) is 16.8. The van der Waals surface area contributed by atoms with Gasteiger partial charge in [0, 0.05) is 16.8 Å². The van der Waals surface area contributed by atoms with E-state index in [0.717, 1.165) is 19.0 Å². The summed E-state index contributed by atoms with van der Waals surface area (Å²) >= 11 is 1.69. The summed E-state index contributed by atoms with van der Waals surface area (Å²) in [5, 5.41) is 2.45. The molecule has 0 bridgehead atoms. The Kier molecular flexibility index (Phi) is 8.57. The van der Waals surface area contributed by atoms with Gasteiger partial charge in [-0.3, -0.25) is 4.79 Å². The molecule has 25 heavy (non-hydrogen) atoms. The van der Waals surface area contributed by atoms with Crippen LogP contribution in [0.15, 0.2) is 47.4 Å². The molecular weight excluding hydrogens is 351 g/mol. The molecule has 3 nitrogen and oxygen atoms in total. The fourth-order valence-electron chi connectivity index (χ4n) is 2.70. The van der Waals surface area contributed by atoms with Crippen LogP contribution in [0.3, 0.4) is 0 Å². The molecule has 0 saturated carbocycles. The number of rotatable bonds is 10. The molecule has 0 radical (unpaired) electrons. The monoisotopic (exact) mass is 378 g/mol. The third kappa shape index (κ3) is 6.87. The maximum absolute atomic E-state index is 12.4. The minimum absolute atomic E-state index is 0.131. The number of carbonyl (C=O) groups excluding carboxylic acids is 1.